The van der Waals surface area contributed by atoms with Gasteiger partial charge in [0.05, 0.1) is 6.61 Å². The standard InChI is InChI=1S/C22H27N3O5S/c1-23(14-15-26)31(28,29)25-12-10-24(11-13-25)22(27)30-16-21-19-8-4-2-6-17(19)18-7-3-5-9-20(18)21/h2-9,21,26H,10-16H2,1H3. The first-order valence-corrected chi connectivity index (χ1v) is 11.8. The van der Waals surface area contributed by atoms with Crippen molar-refractivity contribution in [2.24, 2.45) is 0 Å². The number of ether oxygens (including phenoxy) is 1. The van der Waals surface area contributed by atoms with Gasteiger partial charge in [0, 0.05) is 45.7 Å². The number of amides is 1. The molecule has 1 fully saturated rings. The van der Waals surface area contributed by atoms with Crippen molar-refractivity contribution in [2.45, 2.75) is 5.92 Å². The number of fused-ring (bicyclic) bond motifs is 3. The van der Waals surface area contributed by atoms with E-state index in [2.05, 4.69) is 24.3 Å². The van der Waals surface area contributed by atoms with E-state index in [0.717, 1.165) is 15.4 Å². The minimum atomic E-state index is -3.64. The van der Waals surface area contributed by atoms with Crippen LogP contribution < -0.4 is 0 Å². The minimum absolute atomic E-state index is 0.00912. The van der Waals surface area contributed by atoms with Gasteiger partial charge in [-0.05, 0) is 22.3 Å². The monoisotopic (exact) mass is 445 g/mol. The highest BCUT2D eigenvalue weighted by molar-refractivity contribution is 7.86. The highest BCUT2D eigenvalue weighted by Gasteiger charge is 2.33. The molecule has 0 aromatic heterocycles. The van der Waals surface area contributed by atoms with Crippen LogP contribution in [-0.2, 0) is 14.9 Å². The highest BCUT2D eigenvalue weighted by atomic mass is 32.2. The van der Waals surface area contributed by atoms with Crippen LogP contribution in [0, 0.1) is 0 Å². The summed E-state index contributed by atoms with van der Waals surface area (Å²) in [6.45, 7) is 0.964. The first-order valence-electron chi connectivity index (χ1n) is 10.4. The van der Waals surface area contributed by atoms with E-state index >= 15 is 0 Å². The molecule has 0 bridgehead atoms. The van der Waals surface area contributed by atoms with Crippen molar-refractivity contribution >= 4 is 16.3 Å². The Balaban J connectivity index is 1.37. The van der Waals surface area contributed by atoms with Crippen LogP contribution in [0.2, 0.25) is 0 Å². The summed E-state index contributed by atoms with van der Waals surface area (Å²) in [5.41, 5.74) is 4.65. The Labute approximate surface area is 182 Å². The zero-order valence-corrected chi connectivity index (χ0v) is 18.3. The van der Waals surface area contributed by atoms with Crippen LogP contribution in [-0.4, -0.2) is 86.1 Å². The van der Waals surface area contributed by atoms with Crippen LogP contribution in [0.4, 0.5) is 4.79 Å². The van der Waals surface area contributed by atoms with Gasteiger partial charge in [0.1, 0.15) is 6.61 Å². The molecule has 1 aliphatic heterocycles. The Morgan fingerprint density at radius 3 is 2.13 bits per heavy atom. The molecule has 4 rings (SSSR count). The summed E-state index contributed by atoms with van der Waals surface area (Å²) in [7, 11) is -2.20. The number of aliphatic hydroxyl groups excluding tert-OH is 1. The molecule has 1 aliphatic carbocycles. The smallest absolute Gasteiger partial charge is 0.409 e. The van der Waals surface area contributed by atoms with Gasteiger partial charge in [-0.15, -0.1) is 0 Å². The molecule has 2 aromatic carbocycles. The molecule has 2 aromatic rings. The van der Waals surface area contributed by atoms with Crippen LogP contribution >= 0.6 is 0 Å². The normalized spacial score (nSPS) is 16.9. The summed E-state index contributed by atoms with van der Waals surface area (Å²) in [6, 6.07) is 16.3. The minimum Gasteiger partial charge on any atom is -0.448 e. The quantitative estimate of drug-likeness (QED) is 0.731. The molecular formula is C22H27N3O5S. The number of rotatable bonds is 6. The van der Waals surface area contributed by atoms with E-state index in [4.69, 9.17) is 9.84 Å². The number of carbonyl (C=O) groups is 1. The second-order valence-electron chi connectivity index (χ2n) is 7.74. The third-order valence-electron chi connectivity index (χ3n) is 5.97. The van der Waals surface area contributed by atoms with Crippen molar-refractivity contribution in [3.63, 3.8) is 0 Å². The van der Waals surface area contributed by atoms with E-state index in [-0.39, 0.29) is 51.9 Å². The first-order chi connectivity index (χ1) is 14.9. The number of nitrogens with zero attached hydrogens (tertiary/aromatic N) is 3. The Morgan fingerprint density at radius 1 is 1.03 bits per heavy atom. The maximum absolute atomic E-state index is 12.7. The van der Waals surface area contributed by atoms with E-state index < -0.39 is 16.3 Å². The lowest BCUT2D eigenvalue weighted by atomic mass is 9.98. The van der Waals surface area contributed by atoms with Gasteiger partial charge in [0.2, 0.25) is 0 Å². The second kappa shape index (κ2) is 8.96. The van der Waals surface area contributed by atoms with Crippen LogP contribution in [0.3, 0.4) is 0 Å². The molecule has 1 amide bonds. The van der Waals surface area contributed by atoms with Gasteiger partial charge in [-0.25, -0.2) is 4.79 Å². The number of carbonyl (C=O) groups excluding carboxylic acids is 1. The van der Waals surface area contributed by atoms with Gasteiger partial charge < -0.3 is 14.7 Å². The van der Waals surface area contributed by atoms with E-state index in [1.165, 1.54) is 22.5 Å². The lowest BCUT2D eigenvalue weighted by Gasteiger charge is -2.35. The van der Waals surface area contributed by atoms with Gasteiger partial charge in [-0.1, -0.05) is 48.5 Å². The largest absolute Gasteiger partial charge is 0.448 e. The Kier molecular flexibility index (Phi) is 6.29. The number of aliphatic hydroxyl groups is 1. The average molecular weight is 446 g/mol. The Bertz CT molecular complexity index is 1010. The first kappa shape index (κ1) is 21.8. The Hall–Kier alpha value is -2.46. The summed E-state index contributed by atoms with van der Waals surface area (Å²) in [6.07, 6.45) is -0.428. The number of benzene rings is 2. The molecule has 8 nitrogen and oxygen atoms in total. The molecule has 0 spiro atoms. The van der Waals surface area contributed by atoms with Crippen LogP contribution in [0.25, 0.3) is 11.1 Å². The topological polar surface area (TPSA) is 90.4 Å². The summed E-state index contributed by atoms with van der Waals surface area (Å²) in [4.78, 5) is 14.2. The molecule has 31 heavy (non-hydrogen) atoms. The second-order valence-corrected chi connectivity index (χ2v) is 9.78. The molecule has 9 heteroatoms. The summed E-state index contributed by atoms with van der Waals surface area (Å²) in [5.74, 6) is -0.00912. The number of hydrogen-bond acceptors (Lipinski definition) is 5. The zero-order valence-electron chi connectivity index (χ0n) is 17.5. The maximum Gasteiger partial charge on any atom is 0.409 e. The third-order valence-corrected chi connectivity index (χ3v) is 7.96. The number of likely N-dealkylation sites (N-methyl/N-ethyl adjacent to an activating group) is 1. The molecule has 1 heterocycles. The molecule has 0 radical (unpaired) electrons. The predicted octanol–water partition coefficient (Wildman–Crippen LogP) is 1.72. The van der Waals surface area contributed by atoms with Gasteiger partial charge in [-0.2, -0.15) is 17.0 Å². The predicted molar refractivity (Wildman–Crippen MR) is 117 cm³/mol. The van der Waals surface area contributed by atoms with Gasteiger partial charge >= 0.3 is 6.09 Å². The van der Waals surface area contributed by atoms with Gasteiger partial charge in [-0.3, -0.25) is 0 Å². The van der Waals surface area contributed by atoms with E-state index in [1.54, 1.807) is 4.90 Å². The molecule has 0 atom stereocenters. The van der Waals surface area contributed by atoms with Gasteiger partial charge in [0.15, 0.2) is 0 Å². The zero-order chi connectivity index (χ0) is 22.0. The fourth-order valence-electron chi connectivity index (χ4n) is 4.24. The lowest BCUT2D eigenvalue weighted by Crippen LogP contribution is -2.54. The van der Waals surface area contributed by atoms with Crippen molar-refractivity contribution in [1.82, 2.24) is 13.5 Å². The summed E-state index contributed by atoms with van der Waals surface area (Å²) >= 11 is 0. The van der Waals surface area contributed by atoms with Crippen LogP contribution in [0.15, 0.2) is 48.5 Å². The molecule has 1 saturated heterocycles. The third kappa shape index (κ3) is 4.18. The number of piperazine rings is 1. The van der Waals surface area contributed by atoms with Crippen LogP contribution in [0.1, 0.15) is 17.0 Å². The van der Waals surface area contributed by atoms with Gasteiger partial charge in [0.25, 0.3) is 10.2 Å². The summed E-state index contributed by atoms with van der Waals surface area (Å²) < 4.78 is 33.1. The van der Waals surface area contributed by atoms with E-state index in [0.29, 0.717) is 0 Å². The van der Waals surface area contributed by atoms with Crippen molar-refractivity contribution in [3.05, 3.63) is 59.7 Å². The van der Waals surface area contributed by atoms with Crippen LogP contribution in [0.5, 0.6) is 0 Å². The highest BCUT2D eigenvalue weighted by Crippen LogP contribution is 2.44. The maximum atomic E-state index is 12.7. The molecular weight excluding hydrogens is 418 g/mol. The molecule has 0 saturated carbocycles. The van der Waals surface area contributed by atoms with E-state index in [9.17, 15) is 13.2 Å². The van der Waals surface area contributed by atoms with E-state index in [1.807, 2.05) is 24.3 Å². The van der Waals surface area contributed by atoms with Crippen molar-refractivity contribution < 1.29 is 23.1 Å². The Morgan fingerprint density at radius 2 is 1.58 bits per heavy atom. The molecule has 2 aliphatic rings. The fraction of sp³-hybridized carbons (Fsp3) is 0.409. The number of hydrogen-bond donors (Lipinski definition) is 1. The molecule has 1 N–H and O–H groups in total. The molecule has 166 valence electrons. The lowest BCUT2D eigenvalue weighted by molar-refractivity contribution is 0.0862. The summed E-state index contributed by atoms with van der Waals surface area (Å²) in [5, 5.41) is 8.99. The van der Waals surface area contributed by atoms with Crippen molar-refractivity contribution in [1.29, 1.82) is 0 Å². The SMILES string of the molecule is CN(CCO)S(=O)(=O)N1CCN(C(=O)OCC2c3ccccc3-c3ccccc32)CC1. The van der Waals surface area contributed by atoms with Crippen molar-refractivity contribution in [2.75, 3.05) is 53.0 Å². The average Bonchev–Trinajstić information content (AvgIpc) is 3.11. The fourth-order valence-corrected chi connectivity index (χ4v) is 5.57. The van der Waals surface area contributed by atoms with Crippen molar-refractivity contribution in [3.8, 4) is 11.1 Å². The molecule has 0 unspecified atom stereocenters.